The van der Waals surface area contributed by atoms with Crippen LogP contribution in [0.3, 0.4) is 0 Å². The number of fused-ring (bicyclic) bond motifs is 2. The molecule has 3 aromatic heterocycles. The molecule has 0 radical (unpaired) electrons. The van der Waals surface area contributed by atoms with Gasteiger partial charge in [0.15, 0.2) is 5.82 Å². The Morgan fingerprint density at radius 2 is 1.94 bits per heavy atom. The van der Waals surface area contributed by atoms with Crippen molar-refractivity contribution in [2.24, 2.45) is 0 Å². The number of nitrogens with one attached hydrogen (secondary N) is 1. The van der Waals surface area contributed by atoms with E-state index in [-0.39, 0.29) is 12.6 Å². The van der Waals surface area contributed by atoms with Gasteiger partial charge in [0.25, 0.3) is 0 Å². The van der Waals surface area contributed by atoms with Crippen molar-refractivity contribution in [1.29, 1.82) is 0 Å². The van der Waals surface area contributed by atoms with Crippen molar-refractivity contribution in [3.63, 3.8) is 0 Å². The molecule has 1 aromatic carbocycles. The Hall–Kier alpha value is -3.89. The molecule has 1 atom stereocenters. The van der Waals surface area contributed by atoms with Gasteiger partial charge in [0, 0.05) is 35.7 Å². The number of rotatable bonds is 4. The van der Waals surface area contributed by atoms with Crippen molar-refractivity contribution >= 4 is 28.0 Å². The summed E-state index contributed by atoms with van der Waals surface area (Å²) in [6.45, 7) is 4.86. The Balaban J connectivity index is 1.35. The fourth-order valence-corrected chi connectivity index (χ4v) is 4.44. The van der Waals surface area contributed by atoms with Gasteiger partial charge < -0.3 is 20.5 Å². The Kier molecular flexibility index (Phi) is 5.26. The molecule has 4 heterocycles. The number of alkyl halides is 3. The zero-order valence-corrected chi connectivity index (χ0v) is 18.6. The largest absolute Gasteiger partial charge is 0.451 e. The zero-order valence-electron chi connectivity index (χ0n) is 18.6. The molecule has 176 valence electrons. The third-order valence-electron chi connectivity index (χ3n) is 6.23. The SMILES string of the molecule is Cc1cc(N2CCn3c(nnc3C(F)(F)F)[C@@H]2C)cnc1CNc1cccc2c(N)nccc12. The van der Waals surface area contributed by atoms with Gasteiger partial charge in [-0.1, -0.05) is 12.1 Å². The summed E-state index contributed by atoms with van der Waals surface area (Å²) < 4.78 is 40.7. The molecule has 8 nitrogen and oxygen atoms in total. The molecule has 0 saturated heterocycles. The van der Waals surface area contributed by atoms with E-state index in [1.54, 1.807) is 12.4 Å². The molecule has 0 bridgehead atoms. The number of nitrogen functional groups attached to an aromatic ring is 1. The molecule has 4 aromatic rings. The molecule has 0 fully saturated rings. The molecule has 11 heteroatoms. The maximum absolute atomic E-state index is 13.2. The number of aromatic nitrogens is 5. The first kappa shape index (κ1) is 21.9. The van der Waals surface area contributed by atoms with E-state index in [0.29, 0.717) is 24.7 Å². The summed E-state index contributed by atoms with van der Waals surface area (Å²) >= 11 is 0. The summed E-state index contributed by atoms with van der Waals surface area (Å²) in [5, 5.41) is 12.5. The molecule has 0 amide bonds. The molecule has 0 unspecified atom stereocenters. The lowest BCUT2D eigenvalue weighted by molar-refractivity contribution is -0.147. The van der Waals surface area contributed by atoms with Gasteiger partial charge in [-0.25, -0.2) is 4.98 Å². The lowest BCUT2D eigenvalue weighted by Gasteiger charge is -2.35. The van der Waals surface area contributed by atoms with Crippen LogP contribution >= 0.6 is 0 Å². The van der Waals surface area contributed by atoms with Crippen molar-refractivity contribution in [2.75, 3.05) is 22.5 Å². The number of anilines is 3. The average molecular weight is 468 g/mol. The van der Waals surface area contributed by atoms with Crippen LogP contribution in [0.25, 0.3) is 10.8 Å². The van der Waals surface area contributed by atoms with Crippen LogP contribution in [0.15, 0.2) is 42.7 Å². The first-order chi connectivity index (χ1) is 16.2. The molecule has 1 aliphatic rings. The number of nitrogens with zero attached hydrogens (tertiary/aromatic N) is 6. The fraction of sp³-hybridized carbons (Fsp3) is 0.304. The standard InChI is InChI=1S/C23H23F3N8/c1-13-10-15(33-8-9-34-21(14(33)2)31-32-22(34)23(24,25)26)11-29-19(13)12-30-18-5-3-4-17-16(18)6-7-28-20(17)27/h3-7,10-11,14,30H,8-9,12H2,1-2H3,(H2,27,28)/t14-/m0/s1. The van der Waals surface area contributed by atoms with Crippen LogP contribution in [0, 0.1) is 6.92 Å². The van der Waals surface area contributed by atoms with Gasteiger partial charge in [-0.05, 0) is 37.6 Å². The Morgan fingerprint density at radius 1 is 1.12 bits per heavy atom. The minimum absolute atomic E-state index is 0.156. The molecule has 1 aliphatic heterocycles. The summed E-state index contributed by atoms with van der Waals surface area (Å²) in [4.78, 5) is 10.8. The van der Waals surface area contributed by atoms with E-state index >= 15 is 0 Å². The van der Waals surface area contributed by atoms with E-state index in [2.05, 4.69) is 25.5 Å². The van der Waals surface area contributed by atoms with Crippen LogP contribution in [-0.4, -0.2) is 31.3 Å². The van der Waals surface area contributed by atoms with Crippen molar-refractivity contribution in [1.82, 2.24) is 24.7 Å². The third kappa shape index (κ3) is 3.76. The smallest absolute Gasteiger partial charge is 0.383 e. The number of nitrogens with two attached hydrogens (primary N) is 1. The first-order valence-electron chi connectivity index (χ1n) is 10.8. The summed E-state index contributed by atoms with van der Waals surface area (Å²) in [6.07, 6.45) is -1.09. The predicted molar refractivity (Wildman–Crippen MR) is 123 cm³/mol. The maximum Gasteiger partial charge on any atom is 0.451 e. The number of halogens is 3. The second kappa shape index (κ2) is 8.15. The van der Waals surface area contributed by atoms with Crippen LogP contribution in [-0.2, 0) is 19.3 Å². The number of hydrogen-bond acceptors (Lipinski definition) is 7. The molecular weight excluding hydrogens is 445 g/mol. The van der Waals surface area contributed by atoms with E-state index in [1.807, 2.05) is 49.1 Å². The van der Waals surface area contributed by atoms with Gasteiger partial charge in [-0.15, -0.1) is 10.2 Å². The monoisotopic (exact) mass is 468 g/mol. The number of hydrogen-bond donors (Lipinski definition) is 2. The summed E-state index contributed by atoms with van der Waals surface area (Å²) in [7, 11) is 0. The van der Waals surface area contributed by atoms with E-state index in [9.17, 15) is 13.2 Å². The number of benzene rings is 1. The first-order valence-corrected chi connectivity index (χ1v) is 10.8. The minimum atomic E-state index is -4.52. The van der Waals surface area contributed by atoms with E-state index in [4.69, 9.17) is 5.73 Å². The Labute approximate surface area is 193 Å². The van der Waals surface area contributed by atoms with Gasteiger partial charge in [-0.3, -0.25) is 4.98 Å². The van der Waals surface area contributed by atoms with Crippen molar-refractivity contribution < 1.29 is 13.2 Å². The molecular formula is C23H23F3N8. The average Bonchev–Trinajstić information content (AvgIpc) is 3.25. The summed E-state index contributed by atoms with van der Waals surface area (Å²) in [5.74, 6) is -0.170. The lowest BCUT2D eigenvalue weighted by atomic mass is 10.1. The molecule has 5 rings (SSSR count). The van der Waals surface area contributed by atoms with Crippen LogP contribution in [0.4, 0.5) is 30.4 Å². The van der Waals surface area contributed by atoms with E-state index in [0.717, 1.165) is 38.0 Å². The topological polar surface area (TPSA) is 97.8 Å². The second-order valence-electron chi connectivity index (χ2n) is 8.31. The van der Waals surface area contributed by atoms with Crippen molar-refractivity contribution in [3.8, 4) is 0 Å². The van der Waals surface area contributed by atoms with Crippen molar-refractivity contribution in [2.45, 2.75) is 39.2 Å². The molecule has 3 N–H and O–H groups in total. The number of aryl methyl sites for hydroxylation is 1. The Bertz CT molecular complexity index is 1360. The van der Waals surface area contributed by atoms with Crippen LogP contribution in [0.1, 0.15) is 35.9 Å². The highest BCUT2D eigenvalue weighted by molar-refractivity contribution is 5.99. The van der Waals surface area contributed by atoms with Crippen molar-refractivity contribution in [3.05, 3.63) is 65.6 Å². The van der Waals surface area contributed by atoms with Gasteiger partial charge in [-0.2, -0.15) is 13.2 Å². The highest BCUT2D eigenvalue weighted by Crippen LogP contribution is 2.35. The molecule has 0 spiro atoms. The highest BCUT2D eigenvalue weighted by atomic mass is 19.4. The molecule has 34 heavy (non-hydrogen) atoms. The zero-order chi connectivity index (χ0) is 24.0. The third-order valence-corrected chi connectivity index (χ3v) is 6.23. The number of pyridine rings is 2. The van der Waals surface area contributed by atoms with Gasteiger partial charge in [0.05, 0.1) is 30.2 Å². The minimum Gasteiger partial charge on any atom is -0.383 e. The Morgan fingerprint density at radius 3 is 2.71 bits per heavy atom. The maximum atomic E-state index is 13.2. The van der Waals surface area contributed by atoms with E-state index in [1.165, 1.54) is 0 Å². The van der Waals surface area contributed by atoms with Gasteiger partial charge >= 0.3 is 6.18 Å². The van der Waals surface area contributed by atoms with Crippen LogP contribution in [0.5, 0.6) is 0 Å². The van der Waals surface area contributed by atoms with E-state index < -0.39 is 12.0 Å². The van der Waals surface area contributed by atoms with Crippen LogP contribution in [0.2, 0.25) is 0 Å². The lowest BCUT2D eigenvalue weighted by Crippen LogP contribution is -2.38. The molecule has 0 saturated carbocycles. The summed E-state index contributed by atoms with van der Waals surface area (Å²) in [6, 6.07) is 9.39. The van der Waals surface area contributed by atoms with Gasteiger partial charge in [0.2, 0.25) is 5.82 Å². The second-order valence-corrected chi connectivity index (χ2v) is 8.31. The quantitative estimate of drug-likeness (QED) is 0.460. The molecule has 0 aliphatic carbocycles. The fourth-order valence-electron chi connectivity index (χ4n) is 4.44. The summed E-state index contributed by atoms with van der Waals surface area (Å²) in [5.41, 5.74) is 9.60. The van der Waals surface area contributed by atoms with Gasteiger partial charge in [0.1, 0.15) is 5.82 Å². The normalized spacial score (nSPS) is 16.0. The van der Waals surface area contributed by atoms with Crippen LogP contribution < -0.4 is 16.0 Å². The highest BCUT2D eigenvalue weighted by Gasteiger charge is 2.41. The predicted octanol–water partition coefficient (Wildman–Crippen LogP) is 4.32.